The van der Waals surface area contributed by atoms with E-state index in [-0.39, 0.29) is 5.91 Å². The number of nitrogens with zero attached hydrogens (tertiary/aromatic N) is 2. The molecule has 0 spiro atoms. The van der Waals surface area contributed by atoms with Gasteiger partial charge in [-0.1, -0.05) is 0 Å². The zero-order valence-corrected chi connectivity index (χ0v) is 10.8. The van der Waals surface area contributed by atoms with Gasteiger partial charge in [0, 0.05) is 25.6 Å². The number of likely N-dealkylation sites (tertiary alicyclic amines) is 1. The van der Waals surface area contributed by atoms with Gasteiger partial charge in [-0.15, -0.1) is 0 Å². The summed E-state index contributed by atoms with van der Waals surface area (Å²) >= 11 is 0. The van der Waals surface area contributed by atoms with Crippen LogP contribution in [0, 0.1) is 5.92 Å². The van der Waals surface area contributed by atoms with Crippen LogP contribution in [0.15, 0.2) is 0 Å². The third kappa shape index (κ3) is 3.76. The molecule has 1 saturated heterocycles. The molecule has 0 aromatic heterocycles. The van der Waals surface area contributed by atoms with Crippen molar-refractivity contribution in [3.63, 3.8) is 0 Å². The summed E-state index contributed by atoms with van der Waals surface area (Å²) in [6, 6.07) is 0.575. The molecule has 1 aliphatic heterocycles. The van der Waals surface area contributed by atoms with Gasteiger partial charge in [0.1, 0.15) is 0 Å². The van der Waals surface area contributed by atoms with E-state index in [2.05, 4.69) is 25.8 Å². The van der Waals surface area contributed by atoms with Crippen molar-refractivity contribution in [2.24, 2.45) is 11.7 Å². The molecule has 1 amide bonds. The summed E-state index contributed by atoms with van der Waals surface area (Å²) in [5.41, 5.74) is 5.59. The first kappa shape index (κ1) is 13.5. The molecule has 0 aromatic rings. The lowest BCUT2D eigenvalue weighted by atomic mass is 10.1. The van der Waals surface area contributed by atoms with Crippen molar-refractivity contribution in [1.82, 2.24) is 9.80 Å². The van der Waals surface area contributed by atoms with Crippen molar-refractivity contribution in [2.75, 3.05) is 33.2 Å². The first-order chi connectivity index (χ1) is 7.54. The van der Waals surface area contributed by atoms with E-state index in [1.54, 1.807) is 0 Å². The minimum absolute atomic E-state index is 0.280. The lowest BCUT2D eigenvalue weighted by molar-refractivity contribution is -0.127. The minimum Gasteiger partial charge on any atom is -0.342 e. The zero-order valence-electron chi connectivity index (χ0n) is 10.8. The zero-order chi connectivity index (χ0) is 12.1. The molecule has 2 N–H and O–H groups in total. The summed E-state index contributed by atoms with van der Waals surface area (Å²) in [6.45, 7) is 7.80. The Morgan fingerprint density at radius 1 is 1.56 bits per heavy atom. The van der Waals surface area contributed by atoms with Gasteiger partial charge in [0.2, 0.25) is 5.91 Å². The van der Waals surface area contributed by atoms with Gasteiger partial charge in [-0.3, -0.25) is 4.79 Å². The van der Waals surface area contributed by atoms with E-state index in [1.165, 1.54) is 0 Å². The molecule has 0 aliphatic carbocycles. The number of nitrogens with two attached hydrogens (primary N) is 1. The lowest BCUT2D eigenvalue weighted by Gasteiger charge is -2.23. The van der Waals surface area contributed by atoms with Crippen molar-refractivity contribution in [1.29, 1.82) is 0 Å². The predicted molar refractivity (Wildman–Crippen MR) is 66.1 cm³/mol. The van der Waals surface area contributed by atoms with Crippen LogP contribution in [0.2, 0.25) is 0 Å². The van der Waals surface area contributed by atoms with Crippen molar-refractivity contribution in [2.45, 2.75) is 32.7 Å². The highest BCUT2D eigenvalue weighted by Gasteiger charge is 2.27. The SMILES string of the molecule is CC(C)N(C)CCCN1CC(CN)CC1=O. The Hall–Kier alpha value is -0.610. The van der Waals surface area contributed by atoms with Crippen LogP contribution in [-0.2, 0) is 4.79 Å². The molecule has 0 saturated carbocycles. The van der Waals surface area contributed by atoms with Gasteiger partial charge in [0.25, 0.3) is 0 Å². The van der Waals surface area contributed by atoms with Gasteiger partial charge < -0.3 is 15.5 Å². The van der Waals surface area contributed by atoms with Crippen LogP contribution in [-0.4, -0.2) is 55.0 Å². The Kier molecular flexibility index (Phi) is 5.22. The molecule has 94 valence electrons. The third-order valence-corrected chi connectivity index (χ3v) is 3.45. The largest absolute Gasteiger partial charge is 0.342 e. The van der Waals surface area contributed by atoms with E-state index in [9.17, 15) is 4.79 Å². The quantitative estimate of drug-likeness (QED) is 0.720. The first-order valence-corrected chi connectivity index (χ1v) is 6.22. The molecular formula is C12H25N3O. The molecule has 1 heterocycles. The maximum atomic E-state index is 11.6. The van der Waals surface area contributed by atoms with Crippen LogP contribution in [0.4, 0.5) is 0 Å². The monoisotopic (exact) mass is 227 g/mol. The van der Waals surface area contributed by atoms with Crippen molar-refractivity contribution in [3.8, 4) is 0 Å². The fourth-order valence-electron chi connectivity index (χ4n) is 2.00. The average Bonchev–Trinajstić information content (AvgIpc) is 2.59. The highest BCUT2D eigenvalue weighted by atomic mass is 16.2. The number of amides is 1. The second kappa shape index (κ2) is 6.21. The topological polar surface area (TPSA) is 49.6 Å². The van der Waals surface area contributed by atoms with Gasteiger partial charge in [0.05, 0.1) is 0 Å². The molecule has 0 radical (unpaired) electrons. The van der Waals surface area contributed by atoms with Crippen LogP contribution in [0.1, 0.15) is 26.7 Å². The predicted octanol–water partition coefficient (Wildman–Crippen LogP) is 0.524. The van der Waals surface area contributed by atoms with Gasteiger partial charge in [-0.25, -0.2) is 0 Å². The molecule has 0 bridgehead atoms. The van der Waals surface area contributed by atoms with E-state index in [0.717, 1.165) is 26.1 Å². The average molecular weight is 227 g/mol. The van der Waals surface area contributed by atoms with Crippen LogP contribution < -0.4 is 5.73 Å². The second-order valence-corrected chi connectivity index (χ2v) is 5.07. The number of carbonyl (C=O) groups is 1. The standard InChI is InChI=1S/C12H25N3O/c1-10(2)14(3)5-4-6-15-9-11(8-13)7-12(15)16/h10-11H,4-9,13H2,1-3H3. The Morgan fingerprint density at radius 3 is 2.75 bits per heavy atom. The maximum absolute atomic E-state index is 11.6. The number of hydrogen-bond donors (Lipinski definition) is 1. The molecule has 0 aromatic carbocycles. The summed E-state index contributed by atoms with van der Waals surface area (Å²) in [7, 11) is 2.12. The van der Waals surface area contributed by atoms with Crippen molar-refractivity contribution < 1.29 is 4.79 Å². The summed E-state index contributed by atoms with van der Waals surface area (Å²) in [5, 5.41) is 0. The van der Waals surface area contributed by atoms with Crippen LogP contribution in [0.5, 0.6) is 0 Å². The van der Waals surface area contributed by atoms with Gasteiger partial charge in [0.15, 0.2) is 0 Å². The summed E-state index contributed by atoms with van der Waals surface area (Å²) < 4.78 is 0. The molecular weight excluding hydrogens is 202 g/mol. The number of hydrogen-bond acceptors (Lipinski definition) is 3. The van der Waals surface area contributed by atoms with Gasteiger partial charge in [-0.05, 0) is 46.3 Å². The lowest BCUT2D eigenvalue weighted by Crippen LogP contribution is -2.32. The Morgan fingerprint density at radius 2 is 2.25 bits per heavy atom. The van der Waals surface area contributed by atoms with E-state index in [1.807, 2.05) is 4.90 Å². The molecule has 1 fully saturated rings. The van der Waals surface area contributed by atoms with Crippen molar-refractivity contribution in [3.05, 3.63) is 0 Å². The highest BCUT2D eigenvalue weighted by molar-refractivity contribution is 5.78. The molecule has 4 nitrogen and oxygen atoms in total. The third-order valence-electron chi connectivity index (χ3n) is 3.45. The van der Waals surface area contributed by atoms with E-state index in [4.69, 9.17) is 5.73 Å². The normalized spacial score (nSPS) is 21.5. The van der Waals surface area contributed by atoms with Crippen molar-refractivity contribution >= 4 is 5.91 Å². The molecule has 4 heteroatoms. The summed E-state index contributed by atoms with van der Waals surface area (Å²) in [6.07, 6.45) is 1.70. The molecule has 16 heavy (non-hydrogen) atoms. The molecule has 1 aliphatic rings. The van der Waals surface area contributed by atoms with Gasteiger partial charge >= 0.3 is 0 Å². The second-order valence-electron chi connectivity index (χ2n) is 5.07. The number of carbonyl (C=O) groups excluding carboxylic acids is 1. The molecule has 1 rings (SSSR count). The van der Waals surface area contributed by atoms with Crippen LogP contribution in [0.3, 0.4) is 0 Å². The first-order valence-electron chi connectivity index (χ1n) is 6.22. The smallest absolute Gasteiger partial charge is 0.222 e. The molecule has 1 unspecified atom stereocenters. The Bertz CT molecular complexity index is 230. The Balaban J connectivity index is 2.21. The van der Waals surface area contributed by atoms with Crippen LogP contribution >= 0.6 is 0 Å². The number of rotatable bonds is 6. The summed E-state index contributed by atoms with van der Waals surface area (Å²) in [4.78, 5) is 15.9. The van der Waals surface area contributed by atoms with E-state index in [0.29, 0.717) is 24.9 Å². The van der Waals surface area contributed by atoms with E-state index >= 15 is 0 Å². The van der Waals surface area contributed by atoms with Gasteiger partial charge in [-0.2, -0.15) is 0 Å². The van der Waals surface area contributed by atoms with Crippen LogP contribution in [0.25, 0.3) is 0 Å². The fraction of sp³-hybridized carbons (Fsp3) is 0.917. The highest BCUT2D eigenvalue weighted by Crippen LogP contribution is 2.16. The van der Waals surface area contributed by atoms with E-state index < -0.39 is 0 Å². The Labute approximate surface area is 98.8 Å². The molecule has 1 atom stereocenters. The fourth-order valence-corrected chi connectivity index (χ4v) is 2.00. The maximum Gasteiger partial charge on any atom is 0.222 e. The summed E-state index contributed by atoms with van der Waals surface area (Å²) in [5.74, 6) is 0.665. The minimum atomic E-state index is 0.280.